The molecule has 1 fully saturated rings. The third-order valence-corrected chi connectivity index (χ3v) is 3.75. The third-order valence-electron chi connectivity index (χ3n) is 3.23. The Labute approximate surface area is 116 Å². The number of hydrogen-bond acceptors (Lipinski definition) is 7. The van der Waals surface area contributed by atoms with Gasteiger partial charge in [-0.1, -0.05) is 0 Å². The van der Waals surface area contributed by atoms with Crippen molar-refractivity contribution < 1.29 is 14.2 Å². The minimum atomic E-state index is -1.34. The van der Waals surface area contributed by atoms with E-state index >= 15 is 0 Å². The van der Waals surface area contributed by atoms with Gasteiger partial charge in [-0.15, -0.1) is 0 Å². The number of nitrogens with two attached hydrogens (primary N) is 1. The SMILES string of the molecule is CP(O)OCC1CCC(n2cnc3c(N)ncnc32)O1. The van der Waals surface area contributed by atoms with E-state index in [2.05, 4.69) is 15.0 Å². The maximum atomic E-state index is 9.18. The molecule has 2 aromatic heterocycles. The summed E-state index contributed by atoms with van der Waals surface area (Å²) in [6, 6.07) is 0. The second-order valence-corrected chi connectivity index (χ2v) is 5.82. The average Bonchev–Trinajstić information content (AvgIpc) is 3.02. The Morgan fingerprint density at radius 1 is 1.50 bits per heavy atom. The number of ether oxygens (including phenoxy) is 1. The highest BCUT2D eigenvalue weighted by molar-refractivity contribution is 7.45. The molecule has 3 atom stereocenters. The van der Waals surface area contributed by atoms with E-state index in [4.69, 9.17) is 15.0 Å². The highest BCUT2D eigenvalue weighted by atomic mass is 31.2. The smallest absolute Gasteiger partial charge is 0.167 e. The number of fused-ring (bicyclic) bond motifs is 1. The number of aromatic nitrogens is 4. The first kappa shape index (κ1) is 13.6. The average molecular weight is 297 g/mol. The molecule has 9 heteroatoms. The van der Waals surface area contributed by atoms with E-state index in [1.165, 1.54) is 6.33 Å². The van der Waals surface area contributed by atoms with Gasteiger partial charge in [-0.3, -0.25) is 4.57 Å². The molecule has 3 N–H and O–H groups in total. The zero-order valence-electron chi connectivity index (χ0n) is 11.0. The van der Waals surface area contributed by atoms with Crippen LogP contribution >= 0.6 is 8.38 Å². The molecule has 0 spiro atoms. The Hall–Kier alpha value is -1.34. The van der Waals surface area contributed by atoms with Gasteiger partial charge >= 0.3 is 0 Å². The van der Waals surface area contributed by atoms with Gasteiger partial charge in [0.1, 0.15) is 18.1 Å². The van der Waals surface area contributed by atoms with E-state index < -0.39 is 8.38 Å². The molecule has 2 aromatic rings. The van der Waals surface area contributed by atoms with E-state index in [9.17, 15) is 4.89 Å². The number of nitrogens with zero attached hydrogens (tertiary/aromatic N) is 4. The minimum Gasteiger partial charge on any atom is -0.382 e. The van der Waals surface area contributed by atoms with Gasteiger partial charge in [0.15, 0.2) is 19.8 Å². The van der Waals surface area contributed by atoms with Gasteiger partial charge in [0.2, 0.25) is 0 Å². The molecule has 1 saturated heterocycles. The molecule has 0 amide bonds. The topological polar surface area (TPSA) is 108 Å². The van der Waals surface area contributed by atoms with Crippen LogP contribution < -0.4 is 5.73 Å². The number of anilines is 1. The van der Waals surface area contributed by atoms with Crippen LogP contribution in [0.2, 0.25) is 0 Å². The van der Waals surface area contributed by atoms with Crippen molar-refractivity contribution in [3.63, 3.8) is 0 Å². The van der Waals surface area contributed by atoms with Crippen molar-refractivity contribution in [2.45, 2.75) is 25.2 Å². The molecule has 20 heavy (non-hydrogen) atoms. The molecule has 108 valence electrons. The predicted octanol–water partition coefficient (Wildman–Crippen LogP) is 1.04. The molecule has 0 aliphatic carbocycles. The van der Waals surface area contributed by atoms with Crippen LogP contribution in [-0.2, 0) is 9.26 Å². The molecule has 1 aliphatic heterocycles. The van der Waals surface area contributed by atoms with Gasteiger partial charge < -0.3 is 19.9 Å². The molecule has 0 bridgehead atoms. The van der Waals surface area contributed by atoms with Crippen molar-refractivity contribution in [3.8, 4) is 0 Å². The first-order valence-corrected chi connectivity index (χ1v) is 7.95. The number of nitrogen functional groups attached to an aromatic ring is 1. The number of rotatable bonds is 4. The number of hydrogen-bond donors (Lipinski definition) is 2. The number of imidazole rings is 1. The Kier molecular flexibility index (Phi) is 3.80. The molecule has 0 radical (unpaired) electrons. The first-order chi connectivity index (χ1) is 9.65. The summed E-state index contributed by atoms with van der Waals surface area (Å²) < 4.78 is 13.0. The first-order valence-electron chi connectivity index (χ1n) is 6.29. The molecule has 0 aromatic carbocycles. The zero-order valence-corrected chi connectivity index (χ0v) is 11.9. The summed E-state index contributed by atoms with van der Waals surface area (Å²) in [6.45, 7) is 2.05. The van der Waals surface area contributed by atoms with Crippen LogP contribution in [-0.4, -0.2) is 43.8 Å². The lowest BCUT2D eigenvalue weighted by molar-refractivity contribution is -0.0154. The fourth-order valence-corrected chi connectivity index (χ4v) is 2.67. The van der Waals surface area contributed by atoms with Crippen LogP contribution in [0.1, 0.15) is 19.1 Å². The van der Waals surface area contributed by atoms with Crippen molar-refractivity contribution in [1.29, 1.82) is 0 Å². The fraction of sp³-hybridized carbons (Fsp3) is 0.545. The zero-order chi connectivity index (χ0) is 14.1. The van der Waals surface area contributed by atoms with Crippen LogP contribution in [0, 0.1) is 0 Å². The molecular weight excluding hydrogens is 281 g/mol. The van der Waals surface area contributed by atoms with E-state index in [0.717, 1.165) is 12.8 Å². The van der Waals surface area contributed by atoms with Crippen LogP contribution in [0.3, 0.4) is 0 Å². The van der Waals surface area contributed by atoms with Crippen molar-refractivity contribution in [2.24, 2.45) is 0 Å². The summed E-state index contributed by atoms with van der Waals surface area (Å²) in [5.41, 5.74) is 7.02. The summed E-state index contributed by atoms with van der Waals surface area (Å²) in [5.74, 6) is 0.364. The summed E-state index contributed by atoms with van der Waals surface area (Å²) in [5, 5.41) is 0. The lowest BCUT2D eigenvalue weighted by Gasteiger charge is -2.15. The van der Waals surface area contributed by atoms with Gasteiger partial charge in [0.05, 0.1) is 19.0 Å². The van der Waals surface area contributed by atoms with E-state index in [0.29, 0.717) is 23.6 Å². The lowest BCUT2D eigenvalue weighted by Crippen LogP contribution is -2.15. The predicted molar refractivity (Wildman–Crippen MR) is 73.9 cm³/mol. The Morgan fingerprint density at radius 3 is 3.15 bits per heavy atom. The molecule has 1 aliphatic rings. The maximum Gasteiger partial charge on any atom is 0.167 e. The molecule has 3 unspecified atom stereocenters. The summed E-state index contributed by atoms with van der Waals surface area (Å²) in [7, 11) is -1.34. The fourth-order valence-electron chi connectivity index (χ4n) is 2.29. The molecule has 3 heterocycles. The summed E-state index contributed by atoms with van der Waals surface area (Å²) in [4.78, 5) is 21.5. The van der Waals surface area contributed by atoms with E-state index in [1.54, 1.807) is 13.0 Å². The largest absolute Gasteiger partial charge is 0.382 e. The quantitative estimate of drug-likeness (QED) is 0.811. The Bertz CT molecular complexity index is 605. The maximum absolute atomic E-state index is 9.18. The molecule has 3 rings (SSSR count). The van der Waals surface area contributed by atoms with Gasteiger partial charge in [0.25, 0.3) is 0 Å². The third kappa shape index (κ3) is 2.60. The molecule has 0 saturated carbocycles. The van der Waals surface area contributed by atoms with Crippen molar-refractivity contribution in [1.82, 2.24) is 19.5 Å². The van der Waals surface area contributed by atoms with Crippen LogP contribution in [0.5, 0.6) is 0 Å². The van der Waals surface area contributed by atoms with E-state index in [1.807, 2.05) is 4.57 Å². The Balaban J connectivity index is 1.75. The van der Waals surface area contributed by atoms with Gasteiger partial charge in [-0.25, -0.2) is 15.0 Å². The van der Waals surface area contributed by atoms with Crippen molar-refractivity contribution in [3.05, 3.63) is 12.7 Å². The second-order valence-electron chi connectivity index (χ2n) is 4.63. The van der Waals surface area contributed by atoms with Gasteiger partial charge in [-0.05, 0) is 12.8 Å². The van der Waals surface area contributed by atoms with Crippen LogP contribution in [0.25, 0.3) is 11.2 Å². The van der Waals surface area contributed by atoms with Gasteiger partial charge in [0, 0.05) is 6.66 Å². The van der Waals surface area contributed by atoms with Crippen molar-refractivity contribution in [2.75, 3.05) is 19.0 Å². The second kappa shape index (κ2) is 5.57. The normalized spacial score (nSPS) is 24.3. The summed E-state index contributed by atoms with van der Waals surface area (Å²) in [6.07, 6.45) is 4.65. The van der Waals surface area contributed by atoms with Crippen molar-refractivity contribution >= 4 is 25.4 Å². The summed E-state index contributed by atoms with van der Waals surface area (Å²) >= 11 is 0. The Morgan fingerprint density at radius 2 is 2.35 bits per heavy atom. The molecule has 8 nitrogen and oxygen atoms in total. The highest BCUT2D eigenvalue weighted by Crippen LogP contribution is 2.33. The highest BCUT2D eigenvalue weighted by Gasteiger charge is 2.28. The standard InChI is InChI=1S/C11H16N5O3P/c1-20(17)18-4-7-2-3-8(19-7)16-6-15-9-10(12)13-5-14-11(9)16/h5-8,17H,2-4H2,1H3,(H2,12,13,14). The lowest BCUT2D eigenvalue weighted by atomic mass is 10.2. The minimum absolute atomic E-state index is 0.0197. The molecular formula is C11H16N5O3P. The monoisotopic (exact) mass is 297 g/mol. The van der Waals surface area contributed by atoms with E-state index in [-0.39, 0.29) is 12.3 Å². The van der Waals surface area contributed by atoms with Crippen LogP contribution in [0.4, 0.5) is 5.82 Å². The van der Waals surface area contributed by atoms with Crippen LogP contribution in [0.15, 0.2) is 12.7 Å². The van der Waals surface area contributed by atoms with Gasteiger partial charge in [-0.2, -0.15) is 0 Å².